The van der Waals surface area contributed by atoms with Gasteiger partial charge in [0.05, 0.1) is 6.04 Å². The van der Waals surface area contributed by atoms with Gasteiger partial charge in [0.1, 0.15) is 12.4 Å². The zero-order valence-corrected chi connectivity index (χ0v) is 14.1. The van der Waals surface area contributed by atoms with Crippen molar-refractivity contribution in [3.63, 3.8) is 0 Å². The van der Waals surface area contributed by atoms with Crippen LogP contribution in [0.15, 0.2) is 22.7 Å². The first-order valence-corrected chi connectivity index (χ1v) is 6.86. The van der Waals surface area contributed by atoms with Crippen molar-refractivity contribution in [3.8, 4) is 5.75 Å². The van der Waals surface area contributed by atoms with Gasteiger partial charge in [-0.25, -0.2) is 4.79 Å². The van der Waals surface area contributed by atoms with Crippen molar-refractivity contribution < 1.29 is 27.4 Å². The fourth-order valence-electron chi connectivity index (χ4n) is 2.17. The van der Waals surface area contributed by atoms with Crippen molar-refractivity contribution >= 4 is 34.4 Å². The van der Waals surface area contributed by atoms with Gasteiger partial charge in [0, 0.05) is 9.89 Å². The summed E-state index contributed by atoms with van der Waals surface area (Å²) in [5.74, 6) is -0.344. The second-order valence-corrected chi connectivity index (χ2v) is 6.33. The molecule has 1 atom stereocenters. The maximum atomic E-state index is 12.3. The summed E-state index contributed by atoms with van der Waals surface area (Å²) in [5, 5.41) is 2.62. The van der Waals surface area contributed by atoms with E-state index in [9.17, 15) is 18.0 Å². The van der Waals surface area contributed by atoms with Crippen LogP contribution in [0, 0.1) is 5.41 Å². The first-order valence-electron chi connectivity index (χ1n) is 6.06. The molecule has 124 valence electrons. The Morgan fingerprint density at radius 3 is 2.59 bits per heavy atom. The van der Waals surface area contributed by atoms with Gasteiger partial charge in [-0.15, -0.1) is 25.6 Å². The summed E-state index contributed by atoms with van der Waals surface area (Å²) in [4.78, 5) is 11.4. The minimum atomic E-state index is -4.77. The highest BCUT2D eigenvalue weighted by atomic mass is 79.9. The van der Waals surface area contributed by atoms with Gasteiger partial charge in [-0.3, -0.25) is 0 Å². The van der Waals surface area contributed by atoms with Crippen LogP contribution < -0.4 is 10.1 Å². The minimum Gasteiger partial charge on any atom is -0.449 e. The van der Waals surface area contributed by atoms with Crippen molar-refractivity contribution in [2.75, 3.05) is 6.61 Å². The van der Waals surface area contributed by atoms with E-state index in [1.54, 1.807) is 6.07 Å². The van der Waals surface area contributed by atoms with Crippen molar-refractivity contribution in [3.05, 3.63) is 28.2 Å². The Morgan fingerprint density at radius 2 is 2.00 bits per heavy atom. The number of hydrogen-bond donors (Lipinski definition) is 1. The van der Waals surface area contributed by atoms with E-state index < -0.39 is 23.9 Å². The molecule has 1 saturated heterocycles. The Morgan fingerprint density at radius 1 is 1.36 bits per heavy atom. The molecule has 1 fully saturated rings. The number of benzene rings is 1. The van der Waals surface area contributed by atoms with Gasteiger partial charge in [-0.1, -0.05) is 29.8 Å². The van der Waals surface area contributed by atoms with E-state index in [2.05, 4.69) is 26.0 Å². The lowest BCUT2D eigenvalue weighted by molar-refractivity contribution is -0.274. The number of nitrogens with one attached hydrogen (secondary N) is 1. The molecule has 1 aromatic carbocycles. The molecule has 0 saturated carbocycles. The Bertz CT molecular complexity index is 566. The van der Waals surface area contributed by atoms with Crippen LogP contribution in [-0.2, 0) is 4.74 Å². The van der Waals surface area contributed by atoms with Gasteiger partial charge in [0.25, 0.3) is 0 Å². The van der Waals surface area contributed by atoms with E-state index in [0.717, 1.165) is 0 Å². The lowest BCUT2D eigenvalue weighted by Crippen LogP contribution is -2.46. The monoisotopic (exact) mass is 403 g/mol. The van der Waals surface area contributed by atoms with Gasteiger partial charge in [-0.2, -0.15) is 0 Å². The van der Waals surface area contributed by atoms with Crippen LogP contribution in [0.25, 0.3) is 0 Å². The molecule has 0 aromatic heterocycles. The zero-order chi connectivity index (χ0) is 15.8. The number of ether oxygens (including phenoxy) is 2. The predicted octanol–water partition coefficient (Wildman–Crippen LogP) is 4.58. The highest BCUT2D eigenvalue weighted by Gasteiger charge is 2.38. The van der Waals surface area contributed by atoms with Crippen LogP contribution in [0.5, 0.6) is 5.75 Å². The number of rotatable bonds is 2. The number of alkyl carbamates (subject to hydrolysis) is 1. The molecule has 22 heavy (non-hydrogen) atoms. The molecule has 0 bridgehead atoms. The van der Waals surface area contributed by atoms with Crippen molar-refractivity contribution in [2.45, 2.75) is 26.3 Å². The highest BCUT2D eigenvalue weighted by molar-refractivity contribution is 9.10. The van der Waals surface area contributed by atoms with Gasteiger partial charge in [0.2, 0.25) is 0 Å². The second-order valence-electron chi connectivity index (χ2n) is 5.41. The van der Waals surface area contributed by atoms with Crippen molar-refractivity contribution in [1.29, 1.82) is 0 Å². The number of alkyl halides is 3. The maximum absolute atomic E-state index is 12.3. The average molecular weight is 405 g/mol. The van der Waals surface area contributed by atoms with Crippen molar-refractivity contribution in [2.24, 2.45) is 5.41 Å². The molecule has 1 aliphatic rings. The van der Waals surface area contributed by atoms with E-state index in [0.29, 0.717) is 10.0 Å². The predicted molar refractivity (Wildman–Crippen MR) is 79.1 cm³/mol. The summed E-state index contributed by atoms with van der Waals surface area (Å²) < 4.78 is 46.3. The minimum absolute atomic E-state index is 0. The largest absolute Gasteiger partial charge is 0.573 e. The fraction of sp³-hybridized carbons (Fsp3) is 0.462. The lowest BCUT2D eigenvalue weighted by Gasteiger charge is -2.38. The molecule has 0 spiro atoms. The van der Waals surface area contributed by atoms with Gasteiger partial charge in [0.15, 0.2) is 0 Å². The Kier molecular flexibility index (Phi) is 5.61. The summed E-state index contributed by atoms with van der Waals surface area (Å²) in [7, 11) is 0. The summed E-state index contributed by atoms with van der Waals surface area (Å²) in [6, 6.07) is 3.63. The molecule has 4 nitrogen and oxygen atoms in total. The van der Waals surface area contributed by atoms with E-state index in [-0.39, 0.29) is 24.8 Å². The molecule has 1 N–H and O–H groups in total. The maximum Gasteiger partial charge on any atom is 0.573 e. The summed E-state index contributed by atoms with van der Waals surface area (Å²) in [6.45, 7) is 3.87. The second kappa shape index (κ2) is 6.54. The van der Waals surface area contributed by atoms with Crippen LogP contribution in [0.4, 0.5) is 18.0 Å². The topological polar surface area (TPSA) is 47.6 Å². The number of carbonyl (C=O) groups excluding carboxylic acids is 1. The van der Waals surface area contributed by atoms with Gasteiger partial charge < -0.3 is 14.8 Å². The standard InChI is InChI=1S/C13H13BrF3NO3.ClH/c1-12(2)6-20-11(19)18-10(12)7-3-8(14)5-9(4-7)21-13(15,16)17;/h3-5,10H,6H2,1-2H3,(H,18,19);1H/t10-;/m1./s1. The van der Waals surface area contributed by atoms with Crippen LogP contribution in [0.3, 0.4) is 0 Å². The van der Waals surface area contributed by atoms with E-state index >= 15 is 0 Å². The number of hydrogen-bond acceptors (Lipinski definition) is 3. The Balaban J connectivity index is 0.00000242. The summed E-state index contributed by atoms with van der Waals surface area (Å²) in [5.41, 5.74) is 0.0368. The zero-order valence-electron chi connectivity index (χ0n) is 11.7. The molecule has 1 aliphatic heterocycles. The molecule has 1 amide bonds. The molecular weight excluding hydrogens is 390 g/mol. The highest BCUT2D eigenvalue weighted by Crippen LogP contribution is 2.39. The van der Waals surface area contributed by atoms with Crippen LogP contribution >= 0.6 is 28.3 Å². The molecule has 1 aromatic rings. The first-order chi connectivity index (χ1) is 9.57. The molecular formula is C13H14BrClF3NO3. The van der Waals surface area contributed by atoms with E-state index in [4.69, 9.17) is 4.74 Å². The molecule has 9 heteroatoms. The molecule has 0 unspecified atom stereocenters. The van der Waals surface area contributed by atoms with E-state index in [1.165, 1.54) is 12.1 Å². The number of halogens is 5. The third kappa shape index (κ3) is 4.67. The van der Waals surface area contributed by atoms with E-state index in [1.807, 2.05) is 13.8 Å². The van der Waals surface area contributed by atoms with Crippen molar-refractivity contribution in [1.82, 2.24) is 5.32 Å². The van der Waals surface area contributed by atoms with Crippen LogP contribution in [0.2, 0.25) is 0 Å². The van der Waals surface area contributed by atoms with Gasteiger partial charge in [-0.05, 0) is 23.8 Å². The van der Waals surface area contributed by atoms with Crippen LogP contribution in [0.1, 0.15) is 25.5 Å². The number of carbonyl (C=O) groups is 1. The van der Waals surface area contributed by atoms with Crippen LogP contribution in [-0.4, -0.2) is 19.1 Å². The number of amides is 1. The number of cyclic esters (lactones) is 1. The third-order valence-electron chi connectivity index (χ3n) is 3.08. The SMILES string of the molecule is CC1(C)COC(=O)N[C@@H]1c1cc(Br)cc(OC(F)(F)F)c1.Cl. The normalized spacial score (nSPS) is 20.5. The smallest absolute Gasteiger partial charge is 0.449 e. The van der Waals surface area contributed by atoms with Gasteiger partial charge >= 0.3 is 12.5 Å². The Labute approximate surface area is 139 Å². The summed E-state index contributed by atoms with van der Waals surface area (Å²) >= 11 is 3.15. The molecule has 0 aliphatic carbocycles. The Hall–Kier alpha value is -1.15. The lowest BCUT2D eigenvalue weighted by atomic mass is 9.80. The fourth-order valence-corrected chi connectivity index (χ4v) is 2.66. The summed E-state index contributed by atoms with van der Waals surface area (Å²) in [6.07, 6.45) is -5.37. The molecule has 2 rings (SSSR count). The first kappa shape index (κ1) is 18.9. The molecule has 1 heterocycles. The molecule has 0 radical (unpaired) electrons. The quantitative estimate of drug-likeness (QED) is 0.785. The third-order valence-corrected chi connectivity index (χ3v) is 3.54. The average Bonchev–Trinajstić information content (AvgIpc) is 2.29.